The van der Waals surface area contributed by atoms with Crippen molar-refractivity contribution in [3.63, 3.8) is 0 Å². The molecule has 0 aliphatic rings. The van der Waals surface area contributed by atoms with Gasteiger partial charge < -0.3 is 0 Å². The minimum absolute atomic E-state index is 0.623. The standard InChI is InChI=1S/C9H7BrO/c1-7(6-11)8-4-2-3-5-9(8)10/h2-5H,1H3. The third-order valence-corrected chi connectivity index (χ3v) is 2.12. The smallest absolute Gasteiger partial charge is 0.128 e. The van der Waals surface area contributed by atoms with E-state index < -0.39 is 0 Å². The van der Waals surface area contributed by atoms with Crippen molar-refractivity contribution in [3.8, 4) is 0 Å². The molecule has 0 aliphatic carbocycles. The van der Waals surface area contributed by atoms with Crippen LogP contribution in [0.2, 0.25) is 0 Å². The summed E-state index contributed by atoms with van der Waals surface area (Å²) < 4.78 is 0.931. The van der Waals surface area contributed by atoms with E-state index in [-0.39, 0.29) is 0 Å². The molecule has 1 rings (SSSR count). The maximum absolute atomic E-state index is 10.3. The lowest BCUT2D eigenvalue weighted by Gasteiger charge is -1.98. The summed E-state index contributed by atoms with van der Waals surface area (Å²) in [6.07, 6.45) is 0. The summed E-state index contributed by atoms with van der Waals surface area (Å²) in [6.45, 7) is 1.74. The van der Waals surface area contributed by atoms with Crippen molar-refractivity contribution in [1.82, 2.24) is 0 Å². The predicted octanol–water partition coefficient (Wildman–Crippen LogP) is 2.68. The average Bonchev–Trinajstić information content (AvgIpc) is 2.04. The molecule has 0 heterocycles. The molecular weight excluding hydrogens is 204 g/mol. The van der Waals surface area contributed by atoms with Gasteiger partial charge in [-0.05, 0) is 13.0 Å². The summed E-state index contributed by atoms with van der Waals surface area (Å²) in [4.78, 5) is 10.3. The fourth-order valence-electron chi connectivity index (χ4n) is 0.820. The number of benzene rings is 1. The lowest BCUT2D eigenvalue weighted by Crippen LogP contribution is -1.80. The van der Waals surface area contributed by atoms with Gasteiger partial charge in [-0.15, -0.1) is 0 Å². The molecule has 0 fully saturated rings. The van der Waals surface area contributed by atoms with E-state index in [0.29, 0.717) is 5.57 Å². The molecule has 56 valence electrons. The van der Waals surface area contributed by atoms with E-state index in [2.05, 4.69) is 15.9 Å². The van der Waals surface area contributed by atoms with Gasteiger partial charge in [0.15, 0.2) is 0 Å². The van der Waals surface area contributed by atoms with Gasteiger partial charge >= 0.3 is 0 Å². The molecule has 0 radical (unpaired) electrons. The number of halogens is 1. The van der Waals surface area contributed by atoms with E-state index in [1.54, 1.807) is 6.92 Å². The minimum atomic E-state index is 0.623. The second kappa shape index (κ2) is 3.51. The summed E-state index contributed by atoms with van der Waals surface area (Å²) in [7, 11) is 0. The van der Waals surface area contributed by atoms with Crippen LogP contribution in [-0.4, -0.2) is 5.94 Å². The van der Waals surface area contributed by atoms with Gasteiger partial charge in [0.05, 0.1) is 0 Å². The Morgan fingerprint density at radius 1 is 1.45 bits per heavy atom. The van der Waals surface area contributed by atoms with Crippen molar-refractivity contribution < 1.29 is 4.79 Å². The number of rotatable bonds is 1. The molecule has 0 saturated heterocycles. The lowest BCUT2D eigenvalue weighted by atomic mass is 10.1. The zero-order valence-electron chi connectivity index (χ0n) is 6.10. The maximum atomic E-state index is 10.3. The molecule has 0 amide bonds. The highest BCUT2D eigenvalue weighted by Crippen LogP contribution is 2.21. The SMILES string of the molecule is CC(=C=O)c1ccccc1Br. The van der Waals surface area contributed by atoms with Gasteiger partial charge in [-0.2, -0.15) is 0 Å². The van der Waals surface area contributed by atoms with Crippen LogP contribution in [0.1, 0.15) is 12.5 Å². The largest absolute Gasteiger partial charge is 0.233 e. The van der Waals surface area contributed by atoms with Crippen molar-refractivity contribution in [2.75, 3.05) is 0 Å². The molecule has 0 aromatic heterocycles. The fraction of sp³-hybridized carbons (Fsp3) is 0.111. The Balaban J connectivity index is 3.24. The number of allylic oxidation sites excluding steroid dienone is 1. The van der Waals surface area contributed by atoms with Gasteiger partial charge in [-0.25, -0.2) is 4.79 Å². The van der Waals surface area contributed by atoms with Crippen LogP contribution < -0.4 is 0 Å². The first-order valence-electron chi connectivity index (χ1n) is 3.22. The minimum Gasteiger partial charge on any atom is -0.233 e. The molecule has 2 heteroatoms. The van der Waals surface area contributed by atoms with Gasteiger partial charge in [0.1, 0.15) is 5.94 Å². The second-order valence-electron chi connectivity index (χ2n) is 2.21. The van der Waals surface area contributed by atoms with Crippen LogP contribution in [0, 0.1) is 0 Å². The van der Waals surface area contributed by atoms with Crippen LogP contribution in [0.3, 0.4) is 0 Å². The normalized spacial score (nSPS) is 8.91. The van der Waals surface area contributed by atoms with E-state index in [4.69, 9.17) is 0 Å². The Hall–Kier alpha value is -0.850. The van der Waals surface area contributed by atoms with E-state index >= 15 is 0 Å². The lowest BCUT2D eigenvalue weighted by molar-refractivity contribution is 0.569. The van der Waals surface area contributed by atoms with Crippen LogP contribution in [0.5, 0.6) is 0 Å². The fourth-order valence-corrected chi connectivity index (χ4v) is 1.40. The Labute approximate surface area is 73.9 Å². The van der Waals surface area contributed by atoms with Crippen LogP contribution in [0.4, 0.5) is 0 Å². The summed E-state index contributed by atoms with van der Waals surface area (Å²) in [5.74, 6) is 1.86. The third kappa shape index (κ3) is 1.79. The van der Waals surface area contributed by atoms with Crippen molar-refractivity contribution in [2.24, 2.45) is 0 Å². The van der Waals surface area contributed by atoms with E-state index in [1.165, 1.54) is 0 Å². The first kappa shape index (κ1) is 8.25. The van der Waals surface area contributed by atoms with Gasteiger partial charge in [-0.3, -0.25) is 0 Å². The highest BCUT2D eigenvalue weighted by Gasteiger charge is 1.99. The van der Waals surface area contributed by atoms with Crippen molar-refractivity contribution in [2.45, 2.75) is 6.92 Å². The molecule has 0 N–H and O–H groups in total. The number of carbonyl (C=O) groups excluding carboxylic acids is 1. The van der Waals surface area contributed by atoms with Gasteiger partial charge in [0.2, 0.25) is 0 Å². The van der Waals surface area contributed by atoms with Crippen LogP contribution in [0.25, 0.3) is 5.57 Å². The highest BCUT2D eigenvalue weighted by atomic mass is 79.9. The zero-order chi connectivity index (χ0) is 8.27. The maximum Gasteiger partial charge on any atom is 0.128 e. The summed E-state index contributed by atoms with van der Waals surface area (Å²) in [5.41, 5.74) is 1.53. The summed E-state index contributed by atoms with van der Waals surface area (Å²) in [5, 5.41) is 0. The van der Waals surface area contributed by atoms with E-state index in [0.717, 1.165) is 10.0 Å². The van der Waals surface area contributed by atoms with Crippen LogP contribution >= 0.6 is 15.9 Å². The first-order chi connectivity index (χ1) is 5.25. The molecule has 0 unspecified atom stereocenters. The van der Waals surface area contributed by atoms with E-state index in [1.807, 2.05) is 30.2 Å². The first-order valence-corrected chi connectivity index (χ1v) is 4.01. The molecule has 11 heavy (non-hydrogen) atoms. The monoisotopic (exact) mass is 210 g/mol. The van der Waals surface area contributed by atoms with Crippen molar-refractivity contribution in [3.05, 3.63) is 34.3 Å². The Kier molecular flexibility index (Phi) is 2.64. The number of hydrogen-bond donors (Lipinski definition) is 0. The van der Waals surface area contributed by atoms with Crippen molar-refractivity contribution >= 4 is 27.4 Å². The third-order valence-electron chi connectivity index (χ3n) is 1.43. The van der Waals surface area contributed by atoms with Gasteiger partial charge in [-0.1, -0.05) is 34.1 Å². The predicted molar refractivity (Wildman–Crippen MR) is 48.9 cm³/mol. The molecule has 1 aromatic carbocycles. The topological polar surface area (TPSA) is 17.1 Å². The summed E-state index contributed by atoms with van der Waals surface area (Å²) in [6, 6.07) is 7.58. The Morgan fingerprint density at radius 3 is 2.64 bits per heavy atom. The molecule has 1 aromatic rings. The van der Waals surface area contributed by atoms with Crippen LogP contribution in [0.15, 0.2) is 28.7 Å². The zero-order valence-corrected chi connectivity index (χ0v) is 7.68. The second-order valence-corrected chi connectivity index (χ2v) is 3.06. The molecule has 0 saturated carbocycles. The molecule has 1 nitrogen and oxygen atoms in total. The molecule has 0 aliphatic heterocycles. The molecule has 0 bridgehead atoms. The Bertz CT molecular complexity index is 311. The number of hydrogen-bond acceptors (Lipinski definition) is 1. The van der Waals surface area contributed by atoms with Gasteiger partial charge in [0, 0.05) is 15.6 Å². The molecule has 0 atom stereocenters. The van der Waals surface area contributed by atoms with Crippen molar-refractivity contribution in [1.29, 1.82) is 0 Å². The Morgan fingerprint density at radius 2 is 2.09 bits per heavy atom. The molecule has 0 spiro atoms. The quantitative estimate of drug-likeness (QED) is 0.652. The average molecular weight is 211 g/mol. The van der Waals surface area contributed by atoms with Gasteiger partial charge in [0.25, 0.3) is 0 Å². The summed E-state index contributed by atoms with van der Waals surface area (Å²) >= 11 is 3.34. The van der Waals surface area contributed by atoms with Crippen LogP contribution in [-0.2, 0) is 4.79 Å². The van der Waals surface area contributed by atoms with E-state index in [9.17, 15) is 4.79 Å². The molecular formula is C9H7BrO. The highest BCUT2D eigenvalue weighted by molar-refractivity contribution is 9.10.